The highest BCUT2D eigenvalue weighted by molar-refractivity contribution is 6.04. The van der Waals surface area contributed by atoms with E-state index < -0.39 is 0 Å². The van der Waals surface area contributed by atoms with Gasteiger partial charge in [0.15, 0.2) is 5.82 Å². The highest BCUT2D eigenvalue weighted by Crippen LogP contribution is 2.40. The van der Waals surface area contributed by atoms with Crippen molar-refractivity contribution in [2.45, 2.75) is 109 Å². The summed E-state index contributed by atoms with van der Waals surface area (Å²) in [6.07, 6.45) is 16.4. The maximum absolute atomic E-state index is 13.2. The quantitative estimate of drug-likeness (QED) is 0.203. The van der Waals surface area contributed by atoms with Crippen LogP contribution in [0, 0.1) is 0 Å². The van der Waals surface area contributed by atoms with Crippen molar-refractivity contribution in [3.05, 3.63) is 30.0 Å². The second-order valence-electron chi connectivity index (χ2n) is 12.8. The second kappa shape index (κ2) is 16.9. The van der Waals surface area contributed by atoms with Gasteiger partial charge in [-0.05, 0) is 76.2 Å². The fraction of sp³-hybridized carbons (Fsp3) is 0.657. The molecule has 1 aromatic carbocycles. The molecule has 1 saturated heterocycles. The van der Waals surface area contributed by atoms with Crippen LogP contribution in [0.3, 0.4) is 0 Å². The van der Waals surface area contributed by atoms with Gasteiger partial charge in [-0.2, -0.15) is 4.98 Å². The number of carbonyl (C=O) groups is 2. The minimum atomic E-state index is -0.232. The van der Waals surface area contributed by atoms with Gasteiger partial charge in [0.05, 0.1) is 25.1 Å². The number of ether oxygens (including phenoxy) is 2. The molecule has 1 aromatic heterocycles. The molecule has 3 N–H and O–H groups in total. The number of anilines is 4. The van der Waals surface area contributed by atoms with E-state index in [9.17, 15) is 9.59 Å². The third-order valence-electron chi connectivity index (χ3n) is 9.62. The monoisotopic (exact) mass is 635 g/mol. The topological polar surface area (TPSA) is 121 Å². The number of piperidine rings is 1. The van der Waals surface area contributed by atoms with Crippen LogP contribution in [0.5, 0.6) is 5.75 Å². The maximum atomic E-state index is 13.2. The number of nitrogens with zero attached hydrogens (tertiary/aromatic N) is 4. The lowest BCUT2D eigenvalue weighted by atomic mass is 10.0. The van der Waals surface area contributed by atoms with Gasteiger partial charge < -0.3 is 35.2 Å². The van der Waals surface area contributed by atoms with Gasteiger partial charge in [0.1, 0.15) is 17.5 Å². The summed E-state index contributed by atoms with van der Waals surface area (Å²) in [7, 11) is 3.39. The van der Waals surface area contributed by atoms with E-state index in [4.69, 9.17) is 14.5 Å². The SMILES string of the molecule is CC[C@@H]1C(=O)N(C)c2cnc(Nc3ccc(C(=O)NCCCCCCCCOC4CCNCC4)cc3OC)nc2N1C1CCCC1. The van der Waals surface area contributed by atoms with Crippen molar-refractivity contribution < 1.29 is 19.1 Å². The highest BCUT2D eigenvalue weighted by atomic mass is 16.5. The summed E-state index contributed by atoms with van der Waals surface area (Å²) in [6, 6.07) is 5.42. The van der Waals surface area contributed by atoms with E-state index in [-0.39, 0.29) is 17.9 Å². The van der Waals surface area contributed by atoms with Crippen LogP contribution in [-0.2, 0) is 9.53 Å². The molecule has 1 aliphatic carbocycles. The van der Waals surface area contributed by atoms with E-state index in [0.29, 0.717) is 41.6 Å². The molecule has 5 rings (SSSR count). The van der Waals surface area contributed by atoms with Crippen molar-refractivity contribution in [1.29, 1.82) is 0 Å². The normalized spacial score (nSPS) is 18.9. The molecule has 2 fully saturated rings. The summed E-state index contributed by atoms with van der Waals surface area (Å²) in [5, 5.41) is 9.71. The Kier molecular flexibility index (Phi) is 12.5. The van der Waals surface area contributed by atoms with Crippen LogP contribution >= 0.6 is 0 Å². The van der Waals surface area contributed by atoms with Crippen molar-refractivity contribution in [2.75, 3.05) is 55.5 Å². The largest absolute Gasteiger partial charge is 0.495 e. The minimum absolute atomic E-state index is 0.0888. The number of fused-ring (bicyclic) bond motifs is 1. The molecule has 11 heteroatoms. The Labute approximate surface area is 274 Å². The van der Waals surface area contributed by atoms with Gasteiger partial charge in [0, 0.05) is 31.8 Å². The fourth-order valence-electron chi connectivity index (χ4n) is 6.95. The van der Waals surface area contributed by atoms with E-state index in [1.54, 1.807) is 37.4 Å². The number of hydrogen-bond donors (Lipinski definition) is 3. The highest BCUT2D eigenvalue weighted by Gasteiger charge is 2.41. The molecule has 0 unspecified atom stereocenters. The molecular formula is C35H53N7O4. The number of methoxy groups -OCH3 is 1. The van der Waals surface area contributed by atoms with Gasteiger partial charge in [0.2, 0.25) is 11.9 Å². The zero-order valence-electron chi connectivity index (χ0n) is 28.0. The molecule has 1 atom stereocenters. The summed E-state index contributed by atoms with van der Waals surface area (Å²) in [6.45, 7) is 5.73. The molecule has 0 spiro atoms. The molecule has 2 aromatic rings. The van der Waals surface area contributed by atoms with Gasteiger partial charge in [-0.1, -0.05) is 45.4 Å². The number of amides is 2. The van der Waals surface area contributed by atoms with Crippen LogP contribution in [0.15, 0.2) is 24.4 Å². The van der Waals surface area contributed by atoms with Crippen LogP contribution in [0.1, 0.15) is 101 Å². The maximum Gasteiger partial charge on any atom is 0.251 e. The first-order valence-corrected chi connectivity index (χ1v) is 17.5. The number of nitrogens with one attached hydrogen (secondary N) is 3. The number of likely N-dealkylation sites (N-methyl/N-ethyl adjacent to an activating group) is 1. The molecule has 11 nitrogen and oxygen atoms in total. The van der Waals surface area contributed by atoms with Gasteiger partial charge >= 0.3 is 0 Å². The minimum Gasteiger partial charge on any atom is -0.495 e. The predicted octanol–water partition coefficient (Wildman–Crippen LogP) is 5.57. The summed E-state index contributed by atoms with van der Waals surface area (Å²) >= 11 is 0. The number of rotatable bonds is 16. The van der Waals surface area contributed by atoms with Gasteiger partial charge in [-0.15, -0.1) is 0 Å². The van der Waals surface area contributed by atoms with Crippen LogP contribution in [0.4, 0.5) is 23.1 Å². The Morgan fingerprint density at radius 2 is 1.78 bits per heavy atom. The molecule has 2 amide bonds. The Balaban J connectivity index is 1.10. The predicted molar refractivity (Wildman–Crippen MR) is 182 cm³/mol. The number of unbranched alkanes of at least 4 members (excludes halogenated alkanes) is 5. The van der Waals surface area contributed by atoms with Crippen molar-refractivity contribution in [1.82, 2.24) is 20.6 Å². The number of benzene rings is 1. The molecular weight excluding hydrogens is 582 g/mol. The van der Waals surface area contributed by atoms with Crippen LogP contribution in [0.2, 0.25) is 0 Å². The second-order valence-corrected chi connectivity index (χ2v) is 12.8. The van der Waals surface area contributed by atoms with E-state index >= 15 is 0 Å². The first kappa shape index (κ1) is 33.9. The Hall–Kier alpha value is -3.44. The molecule has 3 aliphatic rings. The summed E-state index contributed by atoms with van der Waals surface area (Å²) < 4.78 is 11.6. The molecule has 0 bridgehead atoms. The third-order valence-corrected chi connectivity index (χ3v) is 9.62. The van der Waals surface area contributed by atoms with E-state index in [1.807, 2.05) is 6.07 Å². The summed E-state index contributed by atoms with van der Waals surface area (Å²) in [5.74, 6) is 1.71. The van der Waals surface area contributed by atoms with Crippen LogP contribution in [0.25, 0.3) is 0 Å². The standard InChI is InChI=1S/C35H53N7O4/c1-4-29-34(44)41(2)30-24-38-35(40-32(30)42(29)26-13-9-10-14-26)39-28-16-15-25(23-31(28)45-3)33(43)37-19-11-7-5-6-8-12-22-46-27-17-20-36-21-18-27/h15-16,23-24,26-27,29,36H,4-14,17-22H2,1-3H3,(H,37,43)(H,38,39,40)/t29-/m1/s1. The molecule has 3 heterocycles. The number of aromatic nitrogens is 2. The summed E-state index contributed by atoms with van der Waals surface area (Å²) in [4.78, 5) is 39.5. The Bertz CT molecular complexity index is 1300. The lowest BCUT2D eigenvalue weighted by Crippen LogP contribution is -2.55. The van der Waals surface area contributed by atoms with E-state index in [2.05, 4.69) is 32.8 Å². The van der Waals surface area contributed by atoms with Crippen LogP contribution in [-0.4, -0.2) is 80.4 Å². The molecule has 1 saturated carbocycles. The smallest absolute Gasteiger partial charge is 0.251 e. The zero-order valence-corrected chi connectivity index (χ0v) is 28.0. The molecule has 0 radical (unpaired) electrons. The van der Waals surface area contributed by atoms with Gasteiger partial charge in [-0.3, -0.25) is 9.59 Å². The third kappa shape index (κ3) is 8.47. The van der Waals surface area contributed by atoms with Crippen molar-refractivity contribution in [3.8, 4) is 5.75 Å². The Morgan fingerprint density at radius 3 is 2.52 bits per heavy atom. The van der Waals surface area contributed by atoms with E-state index in [0.717, 1.165) is 82.6 Å². The van der Waals surface area contributed by atoms with Gasteiger partial charge in [-0.25, -0.2) is 4.98 Å². The average Bonchev–Trinajstić information content (AvgIpc) is 3.62. The lowest BCUT2D eigenvalue weighted by molar-refractivity contribution is -0.120. The number of carbonyl (C=O) groups excluding carboxylic acids is 2. The molecule has 252 valence electrons. The van der Waals surface area contributed by atoms with Crippen LogP contribution < -0.4 is 30.5 Å². The first-order chi connectivity index (χ1) is 22.5. The first-order valence-electron chi connectivity index (χ1n) is 17.5. The number of hydrogen-bond acceptors (Lipinski definition) is 9. The van der Waals surface area contributed by atoms with Crippen molar-refractivity contribution in [2.24, 2.45) is 0 Å². The Morgan fingerprint density at radius 1 is 1.04 bits per heavy atom. The molecule has 2 aliphatic heterocycles. The molecule has 46 heavy (non-hydrogen) atoms. The lowest BCUT2D eigenvalue weighted by Gasteiger charge is -2.43. The van der Waals surface area contributed by atoms with E-state index in [1.165, 1.54) is 32.1 Å². The fourth-order valence-corrected chi connectivity index (χ4v) is 6.95. The summed E-state index contributed by atoms with van der Waals surface area (Å²) in [5.41, 5.74) is 1.93. The van der Waals surface area contributed by atoms with Crippen molar-refractivity contribution >= 4 is 35.0 Å². The average molecular weight is 636 g/mol. The zero-order chi connectivity index (χ0) is 32.3. The van der Waals surface area contributed by atoms with Gasteiger partial charge in [0.25, 0.3) is 5.91 Å². The van der Waals surface area contributed by atoms with Crippen molar-refractivity contribution in [3.63, 3.8) is 0 Å².